The molecule has 0 fully saturated rings. The lowest BCUT2D eigenvalue weighted by atomic mass is 10.1. The number of benzene rings is 1. The van der Waals surface area contributed by atoms with Crippen LogP contribution in [0.5, 0.6) is 5.75 Å². The first-order chi connectivity index (χ1) is 10.8. The maximum Gasteiger partial charge on any atom is 0.288 e. The lowest BCUT2D eigenvalue weighted by Crippen LogP contribution is -2.45. The van der Waals surface area contributed by atoms with Gasteiger partial charge in [-0.15, -0.1) is 0 Å². The van der Waals surface area contributed by atoms with Crippen molar-refractivity contribution in [1.29, 1.82) is 0 Å². The van der Waals surface area contributed by atoms with Crippen LogP contribution in [-0.4, -0.2) is 15.3 Å². The van der Waals surface area contributed by atoms with Gasteiger partial charge in [-0.2, -0.15) is 8.78 Å². The topological polar surface area (TPSA) is 12.5 Å². The molecule has 0 unspecified atom stereocenters. The Morgan fingerprint density at radius 1 is 1.04 bits per heavy atom. The second-order valence-corrected chi connectivity index (χ2v) is 11.5. The van der Waals surface area contributed by atoms with Gasteiger partial charge in [0.25, 0.3) is 6.08 Å². The first kappa shape index (κ1) is 19.7. The number of methoxy groups -OCH3 is 1. The van der Waals surface area contributed by atoms with Crippen molar-refractivity contribution in [3.05, 3.63) is 36.0 Å². The van der Waals surface area contributed by atoms with Crippen LogP contribution in [0, 0.1) is 0 Å². The molecule has 0 aliphatic rings. The standard InChI is InChI=1S/C18H29F2NOSi/c1-6-7-8-9-10-17(18(19)20)21(23(3,4)5)15-11-13-16(22-2)14-12-15/h11-14H,6-10H2,1-5H3. The Kier molecular flexibility index (Phi) is 7.75. The van der Waals surface area contributed by atoms with Gasteiger partial charge < -0.3 is 9.30 Å². The van der Waals surface area contributed by atoms with Crippen LogP contribution >= 0.6 is 0 Å². The largest absolute Gasteiger partial charge is 0.497 e. The molecular weight excluding hydrogens is 312 g/mol. The number of anilines is 1. The highest BCUT2D eigenvalue weighted by molar-refractivity contribution is 6.80. The highest BCUT2D eigenvalue weighted by Gasteiger charge is 2.30. The lowest BCUT2D eigenvalue weighted by Gasteiger charge is -2.38. The predicted molar refractivity (Wildman–Crippen MR) is 96.8 cm³/mol. The van der Waals surface area contributed by atoms with Crippen LogP contribution in [0.3, 0.4) is 0 Å². The maximum absolute atomic E-state index is 13.7. The van der Waals surface area contributed by atoms with Crippen LogP contribution in [0.1, 0.15) is 39.0 Å². The average molecular weight is 342 g/mol. The van der Waals surface area contributed by atoms with Gasteiger partial charge in [-0.3, -0.25) is 0 Å². The van der Waals surface area contributed by atoms with Gasteiger partial charge >= 0.3 is 0 Å². The summed E-state index contributed by atoms with van der Waals surface area (Å²) < 4.78 is 34.4. The second-order valence-electron chi connectivity index (χ2n) is 6.72. The Hall–Kier alpha value is -1.36. The van der Waals surface area contributed by atoms with Crippen molar-refractivity contribution in [3.63, 3.8) is 0 Å². The van der Waals surface area contributed by atoms with Crippen LogP contribution in [0.25, 0.3) is 0 Å². The summed E-state index contributed by atoms with van der Waals surface area (Å²) in [5.74, 6) is 0.735. The van der Waals surface area contributed by atoms with E-state index < -0.39 is 14.3 Å². The van der Waals surface area contributed by atoms with Crippen molar-refractivity contribution in [1.82, 2.24) is 0 Å². The molecule has 0 aliphatic carbocycles. The zero-order valence-electron chi connectivity index (χ0n) is 15.0. The van der Waals surface area contributed by atoms with E-state index in [1.807, 2.05) is 28.8 Å². The highest BCUT2D eigenvalue weighted by Crippen LogP contribution is 2.32. The Morgan fingerprint density at radius 3 is 2.09 bits per heavy atom. The molecule has 0 radical (unpaired) electrons. The van der Waals surface area contributed by atoms with Crippen molar-refractivity contribution < 1.29 is 13.5 Å². The Morgan fingerprint density at radius 2 is 1.65 bits per heavy atom. The average Bonchev–Trinajstić information content (AvgIpc) is 2.49. The Balaban J connectivity index is 3.09. The van der Waals surface area contributed by atoms with E-state index in [1.165, 1.54) is 0 Å². The fraction of sp³-hybridized carbons (Fsp3) is 0.556. The van der Waals surface area contributed by atoms with Crippen molar-refractivity contribution in [2.45, 2.75) is 58.7 Å². The van der Waals surface area contributed by atoms with Crippen molar-refractivity contribution in [3.8, 4) is 5.75 Å². The summed E-state index contributed by atoms with van der Waals surface area (Å²) in [4.78, 5) is 0. The summed E-state index contributed by atoms with van der Waals surface area (Å²) >= 11 is 0. The molecule has 0 saturated heterocycles. The summed E-state index contributed by atoms with van der Waals surface area (Å²) in [6.45, 7) is 8.39. The SMILES string of the molecule is CCCCCCC(=C(F)F)N(c1ccc(OC)cc1)[Si](C)(C)C. The summed E-state index contributed by atoms with van der Waals surface area (Å²) in [6.07, 6.45) is 2.87. The Bertz CT molecular complexity index is 505. The number of allylic oxidation sites excluding steroid dienone is 1. The molecule has 1 aromatic carbocycles. The van der Waals surface area contributed by atoms with Crippen LogP contribution in [0.2, 0.25) is 19.6 Å². The molecule has 23 heavy (non-hydrogen) atoms. The van der Waals surface area contributed by atoms with Gasteiger partial charge in [0.15, 0.2) is 8.24 Å². The minimum atomic E-state index is -1.99. The molecule has 5 heteroatoms. The highest BCUT2D eigenvalue weighted by atomic mass is 28.3. The molecule has 0 atom stereocenters. The quantitative estimate of drug-likeness (QED) is 0.380. The predicted octanol–water partition coefficient (Wildman–Crippen LogP) is 6.42. The van der Waals surface area contributed by atoms with Gasteiger partial charge in [0.05, 0.1) is 12.8 Å². The first-order valence-corrected chi connectivity index (χ1v) is 11.7. The monoisotopic (exact) mass is 341 g/mol. The van der Waals surface area contributed by atoms with Crippen LogP contribution in [0.4, 0.5) is 14.5 Å². The molecule has 2 nitrogen and oxygen atoms in total. The maximum atomic E-state index is 13.7. The van der Waals surface area contributed by atoms with Crippen LogP contribution in [-0.2, 0) is 0 Å². The second kappa shape index (κ2) is 9.06. The molecule has 130 valence electrons. The molecule has 0 N–H and O–H groups in total. The van der Waals surface area contributed by atoms with E-state index in [1.54, 1.807) is 7.11 Å². The normalized spacial score (nSPS) is 11.3. The van der Waals surface area contributed by atoms with E-state index in [-0.39, 0.29) is 5.70 Å². The van der Waals surface area contributed by atoms with Gasteiger partial charge in [-0.25, -0.2) is 0 Å². The zero-order chi connectivity index (χ0) is 17.5. The number of hydrogen-bond acceptors (Lipinski definition) is 2. The minimum absolute atomic E-state index is 0.186. The van der Waals surface area contributed by atoms with Crippen LogP contribution in [0.15, 0.2) is 36.0 Å². The zero-order valence-corrected chi connectivity index (χ0v) is 16.0. The third kappa shape index (κ3) is 5.97. The van der Waals surface area contributed by atoms with E-state index in [9.17, 15) is 8.78 Å². The summed E-state index contributed by atoms with van der Waals surface area (Å²) in [5, 5.41) is 0. The third-order valence-electron chi connectivity index (χ3n) is 3.76. The minimum Gasteiger partial charge on any atom is -0.497 e. The number of hydrogen-bond donors (Lipinski definition) is 0. The fourth-order valence-electron chi connectivity index (χ4n) is 2.69. The third-order valence-corrected chi connectivity index (χ3v) is 5.63. The summed E-state index contributed by atoms with van der Waals surface area (Å²) in [5.41, 5.74) is 1.01. The van der Waals surface area contributed by atoms with Gasteiger partial charge in [0.1, 0.15) is 5.75 Å². The van der Waals surface area contributed by atoms with Crippen molar-refractivity contribution >= 4 is 13.9 Å². The fourth-order valence-corrected chi connectivity index (χ4v) is 4.62. The Labute approximate surface area is 140 Å². The molecule has 0 bridgehead atoms. The summed E-state index contributed by atoms with van der Waals surface area (Å²) in [6, 6.07) is 7.39. The molecule has 0 aliphatic heterocycles. The number of halogens is 2. The van der Waals surface area contributed by atoms with Crippen LogP contribution < -0.4 is 9.30 Å². The smallest absolute Gasteiger partial charge is 0.288 e. The number of nitrogens with zero attached hydrogens (tertiary/aromatic N) is 1. The van der Waals surface area contributed by atoms with E-state index >= 15 is 0 Å². The number of ether oxygens (including phenoxy) is 1. The van der Waals surface area contributed by atoms with E-state index in [4.69, 9.17) is 4.74 Å². The molecule has 0 spiro atoms. The molecule has 0 aromatic heterocycles. The molecule has 0 heterocycles. The van der Waals surface area contributed by atoms with Crippen molar-refractivity contribution in [2.24, 2.45) is 0 Å². The van der Waals surface area contributed by atoms with Gasteiger partial charge in [-0.1, -0.05) is 45.8 Å². The molecular formula is C18H29F2NOSi. The van der Waals surface area contributed by atoms with E-state index in [0.29, 0.717) is 6.42 Å². The first-order valence-electron chi connectivity index (χ1n) is 8.29. The van der Waals surface area contributed by atoms with E-state index in [2.05, 4.69) is 26.6 Å². The van der Waals surface area contributed by atoms with Gasteiger partial charge in [0.2, 0.25) is 0 Å². The number of unbranched alkanes of at least 4 members (excludes halogenated alkanes) is 3. The van der Waals surface area contributed by atoms with Crippen molar-refractivity contribution in [2.75, 3.05) is 11.7 Å². The summed E-state index contributed by atoms with van der Waals surface area (Å²) in [7, 11) is -0.392. The molecule has 1 rings (SSSR count). The number of rotatable bonds is 9. The van der Waals surface area contributed by atoms with Gasteiger partial charge in [-0.05, 0) is 37.1 Å². The molecule has 0 amide bonds. The van der Waals surface area contributed by atoms with Gasteiger partial charge in [0, 0.05) is 5.69 Å². The molecule has 0 saturated carbocycles. The lowest BCUT2D eigenvalue weighted by molar-refractivity contribution is 0.404. The van der Waals surface area contributed by atoms with E-state index in [0.717, 1.165) is 37.1 Å². The molecule has 1 aromatic rings.